The number of esters is 1. The van der Waals surface area contributed by atoms with Gasteiger partial charge in [0.25, 0.3) is 0 Å². The lowest BCUT2D eigenvalue weighted by atomic mass is 10.3. The largest absolute Gasteiger partial charge is 0.465 e. The summed E-state index contributed by atoms with van der Waals surface area (Å²) < 4.78 is 4.49. The second-order valence-corrected chi connectivity index (χ2v) is 3.53. The molecule has 1 heterocycles. The Kier molecular flexibility index (Phi) is 3.13. The Morgan fingerprint density at radius 1 is 1.83 bits per heavy atom. The summed E-state index contributed by atoms with van der Waals surface area (Å²) in [5.41, 5.74) is -0.376. The number of ether oxygens (including phenoxy) is 1. The maximum Gasteiger partial charge on any atom is 0.338 e. The second kappa shape index (κ2) is 3.93. The van der Waals surface area contributed by atoms with Crippen LogP contribution in [0.2, 0.25) is 0 Å². The van der Waals surface area contributed by atoms with Crippen LogP contribution in [-0.4, -0.2) is 18.2 Å². The Balaban J connectivity index is 2.84. The van der Waals surface area contributed by atoms with Gasteiger partial charge in [-0.25, -0.2) is 4.79 Å². The highest BCUT2D eigenvalue weighted by Crippen LogP contribution is 2.24. The van der Waals surface area contributed by atoms with Gasteiger partial charge in [0.15, 0.2) is 0 Å². The molecular formula is C7H8O3S2. The second-order valence-electron chi connectivity index (χ2n) is 2.10. The van der Waals surface area contributed by atoms with E-state index in [9.17, 15) is 4.79 Å². The molecule has 12 heavy (non-hydrogen) atoms. The Hall–Kier alpha value is -0.520. The van der Waals surface area contributed by atoms with Crippen LogP contribution in [0.3, 0.4) is 0 Å². The molecule has 1 aromatic rings. The lowest BCUT2D eigenvalue weighted by molar-refractivity contribution is 0.0601. The first-order chi connectivity index (χ1) is 5.65. The van der Waals surface area contributed by atoms with Gasteiger partial charge >= 0.3 is 5.97 Å². The van der Waals surface area contributed by atoms with Crippen molar-refractivity contribution in [1.82, 2.24) is 0 Å². The fourth-order valence-electron chi connectivity index (χ4n) is 0.713. The zero-order valence-electron chi connectivity index (χ0n) is 6.35. The van der Waals surface area contributed by atoms with E-state index in [2.05, 4.69) is 17.4 Å². The summed E-state index contributed by atoms with van der Waals surface area (Å²) in [4.78, 5) is 11.6. The lowest BCUT2D eigenvalue weighted by Crippen LogP contribution is -1.98. The van der Waals surface area contributed by atoms with E-state index in [1.807, 2.05) is 0 Å². The standard InChI is InChI=1S/C7H8O3S2/c1-10-6(8)4-2-5(7(9)11)12-3-4/h2-3,7,9,11H,1H3. The average Bonchev–Trinajstić information content (AvgIpc) is 2.51. The van der Waals surface area contributed by atoms with Gasteiger partial charge in [-0.3, -0.25) is 0 Å². The number of aliphatic hydroxyl groups excluding tert-OH is 1. The Bertz CT molecular complexity index is 280. The Labute approximate surface area is 79.4 Å². The lowest BCUT2D eigenvalue weighted by Gasteiger charge is -1.96. The molecule has 1 rings (SSSR count). The summed E-state index contributed by atoms with van der Waals surface area (Å²) in [6.45, 7) is 0. The molecule has 1 atom stereocenters. The molecule has 1 N–H and O–H groups in total. The molecule has 0 fully saturated rings. The van der Waals surface area contributed by atoms with Crippen LogP contribution in [0, 0.1) is 0 Å². The zero-order chi connectivity index (χ0) is 9.14. The van der Waals surface area contributed by atoms with Crippen molar-refractivity contribution in [3.05, 3.63) is 21.9 Å². The molecule has 0 aliphatic heterocycles. The first kappa shape index (κ1) is 9.57. The number of methoxy groups -OCH3 is 1. The molecule has 0 saturated carbocycles. The first-order valence-corrected chi connectivity index (χ1v) is 4.57. The first-order valence-electron chi connectivity index (χ1n) is 3.18. The third-order valence-electron chi connectivity index (χ3n) is 1.30. The predicted octanol–water partition coefficient (Wildman–Crippen LogP) is 1.46. The van der Waals surface area contributed by atoms with E-state index >= 15 is 0 Å². The minimum absolute atomic E-state index is 0.397. The van der Waals surface area contributed by atoms with Crippen LogP contribution in [0.1, 0.15) is 20.7 Å². The van der Waals surface area contributed by atoms with Gasteiger partial charge in [0, 0.05) is 10.3 Å². The molecule has 0 amide bonds. The van der Waals surface area contributed by atoms with Crippen LogP contribution in [0.25, 0.3) is 0 Å². The van der Waals surface area contributed by atoms with Gasteiger partial charge in [0.2, 0.25) is 0 Å². The van der Waals surface area contributed by atoms with Crippen molar-refractivity contribution < 1.29 is 14.6 Å². The van der Waals surface area contributed by atoms with E-state index in [1.165, 1.54) is 18.4 Å². The molecule has 0 radical (unpaired) electrons. The van der Waals surface area contributed by atoms with E-state index in [-0.39, 0.29) is 0 Å². The summed E-state index contributed by atoms with van der Waals surface area (Å²) in [6.07, 6.45) is 0. The average molecular weight is 204 g/mol. The predicted molar refractivity (Wildman–Crippen MR) is 49.6 cm³/mol. The normalized spacial score (nSPS) is 12.6. The number of carbonyl (C=O) groups is 1. The van der Waals surface area contributed by atoms with Crippen molar-refractivity contribution in [3.8, 4) is 0 Å². The van der Waals surface area contributed by atoms with E-state index in [4.69, 9.17) is 5.11 Å². The molecule has 1 aromatic heterocycles. The third kappa shape index (κ3) is 2.00. The molecule has 5 heteroatoms. The topological polar surface area (TPSA) is 46.5 Å². The van der Waals surface area contributed by atoms with Gasteiger partial charge in [0.1, 0.15) is 5.44 Å². The molecule has 0 spiro atoms. The molecule has 0 bridgehead atoms. The van der Waals surface area contributed by atoms with Crippen molar-refractivity contribution in [2.45, 2.75) is 5.44 Å². The van der Waals surface area contributed by atoms with Crippen LogP contribution in [-0.2, 0) is 4.74 Å². The zero-order valence-corrected chi connectivity index (χ0v) is 8.06. The van der Waals surface area contributed by atoms with Crippen molar-refractivity contribution in [1.29, 1.82) is 0 Å². The molecule has 0 aromatic carbocycles. The molecule has 0 saturated heterocycles. The number of thiophene rings is 1. The van der Waals surface area contributed by atoms with Gasteiger partial charge in [0.05, 0.1) is 12.7 Å². The number of rotatable bonds is 2. The van der Waals surface area contributed by atoms with Gasteiger partial charge in [-0.05, 0) is 6.07 Å². The van der Waals surface area contributed by atoms with Gasteiger partial charge in [-0.15, -0.1) is 24.0 Å². The van der Waals surface area contributed by atoms with Crippen molar-refractivity contribution >= 4 is 29.9 Å². The fourth-order valence-corrected chi connectivity index (χ4v) is 1.71. The maximum absolute atomic E-state index is 10.9. The molecule has 3 nitrogen and oxygen atoms in total. The fraction of sp³-hybridized carbons (Fsp3) is 0.286. The van der Waals surface area contributed by atoms with Gasteiger partial charge in [-0.1, -0.05) is 0 Å². The molecular weight excluding hydrogens is 196 g/mol. The molecule has 0 aliphatic carbocycles. The third-order valence-corrected chi connectivity index (χ3v) is 2.73. The smallest absolute Gasteiger partial charge is 0.338 e. The highest BCUT2D eigenvalue weighted by Gasteiger charge is 2.11. The highest BCUT2D eigenvalue weighted by molar-refractivity contribution is 7.80. The number of hydrogen-bond acceptors (Lipinski definition) is 5. The molecule has 66 valence electrons. The van der Waals surface area contributed by atoms with Crippen LogP contribution < -0.4 is 0 Å². The monoisotopic (exact) mass is 204 g/mol. The summed E-state index contributed by atoms with van der Waals surface area (Å²) in [5, 5.41) is 10.6. The highest BCUT2D eigenvalue weighted by atomic mass is 32.1. The summed E-state index contributed by atoms with van der Waals surface area (Å²) >= 11 is 5.09. The summed E-state index contributed by atoms with van der Waals surface area (Å²) in [5.74, 6) is -0.397. The van der Waals surface area contributed by atoms with Crippen LogP contribution in [0.15, 0.2) is 11.4 Å². The number of hydrogen-bond donors (Lipinski definition) is 2. The quantitative estimate of drug-likeness (QED) is 0.435. The van der Waals surface area contributed by atoms with E-state index in [0.717, 1.165) is 0 Å². The van der Waals surface area contributed by atoms with Crippen molar-refractivity contribution in [2.75, 3.05) is 7.11 Å². The van der Waals surface area contributed by atoms with Crippen molar-refractivity contribution in [3.63, 3.8) is 0 Å². The van der Waals surface area contributed by atoms with Crippen molar-refractivity contribution in [2.24, 2.45) is 0 Å². The molecule has 1 unspecified atom stereocenters. The Morgan fingerprint density at radius 3 is 2.92 bits per heavy atom. The number of carbonyl (C=O) groups excluding carboxylic acids is 1. The minimum Gasteiger partial charge on any atom is -0.465 e. The summed E-state index contributed by atoms with van der Waals surface area (Å²) in [7, 11) is 1.32. The number of thiol groups is 1. The van der Waals surface area contributed by atoms with Crippen LogP contribution in [0.5, 0.6) is 0 Å². The van der Waals surface area contributed by atoms with Crippen LogP contribution in [0.4, 0.5) is 0 Å². The Morgan fingerprint density at radius 2 is 2.50 bits per heavy atom. The van der Waals surface area contributed by atoms with Crippen LogP contribution >= 0.6 is 24.0 Å². The minimum atomic E-state index is -0.826. The SMILES string of the molecule is COC(=O)c1csc(C(O)S)c1. The van der Waals surface area contributed by atoms with E-state index < -0.39 is 11.4 Å². The summed E-state index contributed by atoms with van der Waals surface area (Å²) in [6, 6.07) is 1.56. The number of aliphatic hydroxyl groups is 1. The van der Waals surface area contributed by atoms with E-state index in [1.54, 1.807) is 11.4 Å². The maximum atomic E-state index is 10.9. The molecule has 0 aliphatic rings. The van der Waals surface area contributed by atoms with Gasteiger partial charge < -0.3 is 9.84 Å². The van der Waals surface area contributed by atoms with E-state index in [0.29, 0.717) is 10.4 Å². The van der Waals surface area contributed by atoms with Gasteiger partial charge in [-0.2, -0.15) is 0 Å².